The average molecular weight is 435 g/mol. The number of carbonyl (C=O) groups is 2. The zero-order valence-corrected chi connectivity index (χ0v) is 17.4. The van der Waals surface area contributed by atoms with E-state index in [1.807, 2.05) is 24.3 Å². The lowest BCUT2D eigenvalue weighted by Gasteiger charge is -2.20. The number of fused-ring (bicyclic) bond motifs is 1. The normalized spacial score (nSPS) is 13.7. The molecule has 156 valence electrons. The number of rotatable bonds is 5. The molecule has 0 unspecified atom stereocenters. The second-order valence-corrected chi connectivity index (χ2v) is 7.30. The molecule has 3 aromatic carbocycles. The van der Waals surface area contributed by atoms with Crippen molar-refractivity contribution in [2.24, 2.45) is 0 Å². The van der Waals surface area contributed by atoms with E-state index >= 15 is 0 Å². The van der Waals surface area contributed by atoms with Crippen molar-refractivity contribution in [2.75, 3.05) is 12.4 Å². The first kappa shape index (κ1) is 20.5. The number of methoxy groups -OCH3 is 1. The van der Waals surface area contributed by atoms with Gasteiger partial charge in [-0.25, -0.2) is 0 Å². The Morgan fingerprint density at radius 2 is 1.94 bits per heavy atom. The number of benzene rings is 3. The van der Waals surface area contributed by atoms with Crippen LogP contribution in [0.25, 0.3) is 6.08 Å². The van der Waals surface area contributed by atoms with E-state index in [9.17, 15) is 9.59 Å². The number of hydrogen-bond donors (Lipinski definition) is 2. The number of ether oxygens (including phenoxy) is 2. The standard InChI is InChI=1S/C24H19ClN2O4/c1-30-19-4-2-3-16(11-19)14-26-23(28)17-7-10-21-20(13-17)27-24(29)22(31-21)12-15-5-8-18(25)9-6-15/h2-13H,14H2,1H3,(H,26,28)(H,27,29). The maximum absolute atomic E-state index is 12.6. The molecule has 0 saturated heterocycles. The molecule has 0 aliphatic carbocycles. The van der Waals surface area contributed by atoms with Crippen LogP contribution in [0.2, 0.25) is 5.02 Å². The Morgan fingerprint density at radius 1 is 1.13 bits per heavy atom. The topological polar surface area (TPSA) is 76.7 Å². The van der Waals surface area contributed by atoms with Crippen LogP contribution in [0.3, 0.4) is 0 Å². The Bertz CT molecular complexity index is 1170. The van der Waals surface area contributed by atoms with Crippen molar-refractivity contribution >= 4 is 35.2 Å². The maximum atomic E-state index is 12.6. The minimum Gasteiger partial charge on any atom is -0.497 e. The summed E-state index contributed by atoms with van der Waals surface area (Å²) in [5, 5.41) is 6.24. The lowest BCUT2D eigenvalue weighted by atomic mass is 10.1. The van der Waals surface area contributed by atoms with Crippen LogP contribution in [0.4, 0.5) is 5.69 Å². The van der Waals surface area contributed by atoms with E-state index in [1.54, 1.807) is 55.7 Å². The van der Waals surface area contributed by atoms with Gasteiger partial charge in [-0.05, 0) is 59.7 Å². The van der Waals surface area contributed by atoms with E-state index in [0.29, 0.717) is 28.6 Å². The molecule has 1 heterocycles. The number of halogens is 1. The highest BCUT2D eigenvalue weighted by atomic mass is 35.5. The highest BCUT2D eigenvalue weighted by Gasteiger charge is 2.23. The zero-order chi connectivity index (χ0) is 21.8. The van der Waals surface area contributed by atoms with Crippen molar-refractivity contribution < 1.29 is 19.1 Å². The fourth-order valence-corrected chi connectivity index (χ4v) is 3.20. The largest absolute Gasteiger partial charge is 0.497 e. The first-order chi connectivity index (χ1) is 15.0. The van der Waals surface area contributed by atoms with Crippen LogP contribution in [0.1, 0.15) is 21.5 Å². The summed E-state index contributed by atoms with van der Waals surface area (Å²) in [6.45, 7) is 0.351. The summed E-state index contributed by atoms with van der Waals surface area (Å²) >= 11 is 5.89. The summed E-state index contributed by atoms with van der Waals surface area (Å²) in [6.07, 6.45) is 1.63. The smallest absolute Gasteiger partial charge is 0.291 e. The molecule has 2 N–H and O–H groups in total. The molecule has 2 amide bonds. The predicted molar refractivity (Wildman–Crippen MR) is 119 cm³/mol. The summed E-state index contributed by atoms with van der Waals surface area (Å²) in [5.74, 6) is 0.691. The lowest BCUT2D eigenvalue weighted by Crippen LogP contribution is -2.25. The number of anilines is 1. The van der Waals surface area contributed by atoms with Gasteiger partial charge in [0.05, 0.1) is 12.8 Å². The molecule has 0 bridgehead atoms. The van der Waals surface area contributed by atoms with Gasteiger partial charge >= 0.3 is 0 Å². The van der Waals surface area contributed by atoms with Gasteiger partial charge in [-0.3, -0.25) is 9.59 Å². The Kier molecular flexibility index (Phi) is 5.91. The van der Waals surface area contributed by atoms with Crippen LogP contribution in [-0.4, -0.2) is 18.9 Å². The van der Waals surface area contributed by atoms with Crippen LogP contribution in [0.15, 0.2) is 72.5 Å². The molecule has 31 heavy (non-hydrogen) atoms. The molecule has 0 aromatic heterocycles. The Labute approximate surface area is 184 Å². The maximum Gasteiger partial charge on any atom is 0.291 e. The van der Waals surface area contributed by atoms with Crippen molar-refractivity contribution in [1.82, 2.24) is 5.32 Å². The molecule has 0 fully saturated rings. The number of carbonyl (C=O) groups excluding carboxylic acids is 2. The van der Waals surface area contributed by atoms with Crippen molar-refractivity contribution in [3.63, 3.8) is 0 Å². The second-order valence-electron chi connectivity index (χ2n) is 6.86. The summed E-state index contributed by atoms with van der Waals surface area (Å²) < 4.78 is 10.9. The monoisotopic (exact) mass is 434 g/mol. The van der Waals surface area contributed by atoms with Gasteiger partial charge in [0.25, 0.3) is 11.8 Å². The SMILES string of the molecule is COc1cccc(CNC(=O)c2ccc3c(c2)NC(=O)C(=Cc2ccc(Cl)cc2)O3)c1. The van der Waals surface area contributed by atoms with Gasteiger partial charge in [0.1, 0.15) is 5.75 Å². The quantitative estimate of drug-likeness (QED) is 0.573. The van der Waals surface area contributed by atoms with Crippen LogP contribution in [0.5, 0.6) is 11.5 Å². The summed E-state index contributed by atoms with van der Waals surface area (Å²) in [7, 11) is 1.59. The van der Waals surface area contributed by atoms with Gasteiger partial charge in [0.2, 0.25) is 0 Å². The van der Waals surface area contributed by atoms with Crippen molar-refractivity contribution in [2.45, 2.75) is 6.54 Å². The van der Waals surface area contributed by atoms with Crippen molar-refractivity contribution in [1.29, 1.82) is 0 Å². The number of amides is 2. The van der Waals surface area contributed by atoms with Gasteiger partial charge < -0.3 is 20.1 Å². The molecule has 0 atom stereocenters. The molecule has 0 radical (unpaired) electrons. The molecule has 6 nitrogen and oxygen atoms in total. The first-order valence-corrected chi connectivity index (χ1v) is 9.91. The fraction of sp³-hybridized carbons (Fsp3) is 0.0833. The minimum atomic E-state index is -0.392. The summed E-state index contributed by atoms with van der Waals surface area (Å²) in [6, 6.07) is 19.4. The molecule has 1 aliphatic rings. The highest BCUT2D eigenvalue weighted by Crippen LogP contribution is 2.32. The fourth-order valence-electron chi connectivity index (χ4n) is 3.08. The van der Waals surface area contributed by atoms with E-state index in [0.717, 1.165) is 16.9 Å². The van der Waals surface area contributed by atoms with Gasteiger partial charge in [0, 0.05) is 17.1 Å². The third-order valence-electron chi connectivity index (χ3n) is 4.69. The van der Waals surface area contributed by atoms with E-state index < -0.39 is 5.91 Å². The minimum absolute atomic E-state index is 0.157. The third-order valence-corrected chi connectivity index (χ3v) is 4.94. The van der Waals surface area contributed by atoms with Crippen LogP contribution in [-0.2, 0) is 11.3 Å². The highest BCUT2D eigenvalue weighted by molar-refractivity contribution is 6.30. The van der Waals surface area contributed by atoms with Crippen LogP contribution >= 0.6 is 11.6 Å². The van der Waals surface area contributed by atoms with Gasteiger partial charge in [-0.1, -0.05) is 35.9 Å². The van der Waals surface area contributed by atoms with Crippen molar-refractivity contribution in [3.8, 4) is 11.5 Å². The van der Waals surface area contributed by atoms with Gasteiger partial charge in [0.15, 0.2) is 11.5 Å². The van der Waals surface area contributed by atoms with Crippen LogP contribution < -0.4 is 20.1 Å². The molecular weight excluding hydrogens is 416 g/mol. The zero-order valence-electron chi connectivity index (χ0n) is 16.6. The van der Waals surface area contributed by atoms with Gasteiger partial charge in [-0.15, -0.1) is 0 Å². The Morgan fingerprint density at radius 3 is 2.71 bits per heavy atom. The summed E-state index contributed by atoms with van der Waals surface area (Å²) in [4.78, 5) is 25.0. The average Bonchev–Trinajstić information content (AvgIpc) is 2.79. The molecule has 3 aromatic rings. The molecule has 1 aliphatic heterocycles. The molecular formula is C24H19ClN2O4. The molecule has 0 spiro atoms. The predicted octanol–water partition coefficient (Wildman–Crippen LogP) is 4.65. The first-order valence-electron chi connectivity index (χ1n) is 9.53. The Hall–Kier alpha value is -3.77. The van der Waals surface area contributed by atoms with E-state index in [1.165, 1.54) is 0 Å². The summed E-state index contributed by atoms with van der Waals surface area (Å²) in [5.41, 5.74) is 2.55. The van der Waals surface area contributed by atoms with Crippen LogP contribution in [0, 0.1) is 0 Å². The molecule has 7 heteroatoms. The lowest BCUT2D eigenvalue weighted by molar-refractivity contribution is -0.115. The van der Waals surface area contributed by atoms with Crippen molar-refractivity contribution in [3.05, 3.63) is 94.2 Å². The van der Waals surface area contributed by atoms with E-state index in [-0.39, 0.29) is 11.7 Å². The molecule has 0 saturated carbocycles. The van der Waals surface area contributed by atoms with E-state index in [4.69, 9.17) is 21.1 Å². The third kappa shape index (κ3) is 4.87. The number of nitrogens with one attached hydrogen (secondary N) is 2. The van der Waals surface area contributed by atoms with Gasteiger partial charge in [-0.2, -0.15) is 0 Å². The van der Waals surface area contributed by atoms with E-state index in [2.05, 4.69) is 10.6 Å². The Balaban J connectivity index is 1.46. The molecule has 4 rings (SSSR count). The second kappa shape index (κ2) is 8.93. The number of hydrogen-bond acceptors (Lipinski definition) is 4.